The number of amides is 1. The van der Waals surface area contributed by atoms with Crippen LogP contribution in [0.5, 0.6) is 0 Å². The van der Waals surface area contributed by atoms with Gasteiger partial charge in [-0.3, -0.25) is 4.79 Å². The van der Waals surface area contributed by atoms with E-state index >= 15 is 0 Å². The minimum atomic E-state index is -0.390. The van der Waals surface area contributed by atoms with Crippen molar-refractivity contribution in [1.29, 1.82) is 0 Å². The van der Waals surface area contributed by atoms with Crippen LogP contribution in [0.4, 0.5) is 5.82 Å². The van der Waals surface area contributed by atoms with Crippen LogP contribution in [0.25, 0.3) is 21.9 Å². The number of rotatable bonds is 6. The number of aromatic nitrogens is 4. The number of carbonyl (C=O) groups excluding carboxylic acids is 1. The second-order valence-electron chi connectivity index (χ2n) is 10.1. The third-order valence-electron chi connectivity index (χ3n) is 6.12. The summed E-state index contributed by atoms with van der Waals surface area (Å²) < 4.78 is 6.32. The lowest BCUT2D eigenvalue weighted by Crippen LogP contribution is -2.34. The zero-order chi connectivity index (χ0) is 26.3. The predicted octanol–water partition coefficient (Wildman–Crippen LogP) is 6.18. The van der Waals surface area contributed by atoms with E-state index < -0.39 is 0 Å². The topological polar surface area (TPSA) is 96.0 Å². The van der Waals surface area contributed by atoms with Gasteiger partial charge in [0.25, 0.3) is 5.91 Å². The SMILES string of the molecule is CC(OC(C)(C)C)[C@H](Nc1ncnc2cc(C(=O)N3CC=CC3)c(Cl)cc12)c1nc2ccc(Cl)cc2[nH]1. The Kier molecular flexibility index (Phi) is 6.83. The molecule has 0 spiro atoms. The van der Waals surface area contributed by atoms with Gasteiger partial charge in [0.2, 0.25) is 0 Å². The molecule has 37 heavy (non-hydrogen) atoms. The Morgan fingerprint density at radius 3 is 2.59 bits per heavy atom. The van der Waals surface area contributed by atoms with Gasteiger partial charge in [-0.15, -0.1) is 0 Å². The molecule has 1 unspecified atom stereocenters. The highest BCUT2D eigenvalue weighted by Gasteiger charge is 2.29. The molecule has 2 aromatic heterocycles. The molecule has 0 bridgehead atoms. The molecule has 2 aromatic carbocycles. The highest BCUT2D eigenvalue weighted by atomic mass is 35.5. The number of hydrogen-bond donors (Lipinski definition) is 2. The maximum absolute atomic E-state index is 13.0. The summed E-state index contributed by atoms with van der Waals surface area (Å²) in [4.78, 5) is 31.8. The van der Waals surface area contributed by atoms with Gasteiger partial charge in [0.05, 0.1) is 38.8 Å². The van der Waals surface area contributed by atoms with Crippen LogP contribution in [0.2, 0.25) is 10.0 Å². The zero-order valence-corrected chi connectivity index (χ0v) is 22.6. The predicted molar refractivity (Wildman–Crippen MR) is 147 cm³/mol. The number of anilines is 1. The molecule has 0 saturated heterocycles. The lowest BCUT2D eigenvalue weighted by Gasteiger charge is -2.31. The van der Waals surface area contributed by atoms with E-state index in [9.17, 15) is 4.79 Å². The summed E-state index contributed by atoms with van der Waals surface area (Å²) in [6.45, 7) is 9.15. The Balaban J connectivity index is 1.54. The number of imidazole rings is 1. The zero-order valence-electron chi connectivity index (χ0n) is 21.0. The second-order valence-corrected chi connectivity index (χ2v) is 10.9. The van der Waals surface area contributed by atoms with Gasteiger partial charge in [-0.1, -0.05) is 35.4 Å². The summed E-state index contributed by atoms with van der Waals surface area (Å²) in [5.41, 5.74) is 2.26. The molecule has 0 fully saturated rings. The van der Waals surface area contributed by atoms with Crippen molar-refractivity contribution >= 4 is 56.9 Å². The first-order valence-corrected chi connectivity index (χ1v) is 12.8. The largest absolute Gasteiger partial charge is 0.370 e. The van der Waals surface area contributed by atoms with Crippen molar-refractivity contribution in [3.8, 4) is 0 Å². The summed E-state index contributed by atoms with van der Waals surface area (Å²) >= 11 is 12.8. The Morgan fingerprint density at radius 2 is 1.86 bits per heavy atom. The molecule has 0 aliphatic carbocycles. The lowest BCUT2D eigenvalue weighted by atomic mass is 10.1. The van der Waals surface area contributed by atoms with E-state index in [0.29, 0.717) is 51.2 Å². The fourth-order valence-electron chi connectivity index (χ4n) is 4.50. The molecule has 10 heteroatoms. The van der Waals surface area contributed by atoms with Gasteiger partial charge >= 0.3 is 0 Å². The van der Waals surface area contributed by atoms with Crippen LogP contribution in [-0.4, -0.2) is 55.5 Å². The maximum atomic E-state index is 13.0. The van der Waals surface area contributed by atoms with E-state index in [4.69, 9.17) is 32.9 Å². The molecule has 5 rings (SSSR count). The maximum Gasteiger partial charge on any atom is 0.256 e. The minimum Gasteiger partial charge on any atom is -0.370 e. The molecule has 1 amide bonds. The van der Waals surface area contributed by atoms with E-state index in [1.165, 1.54) is 6.33 Å². The summed E-state index contributed by atoms with van der Waals surface area (Å²) in [5.74, 6) is 1.11. The number of nitrogens with zero attached hydrogens (tertiary/aromatic N) is 4. The Hall–Kier alpha value is -3.20. The van der Waals surface area contributed by atoms with Gasteiger partial charge < -0.3 is 19.9 Å². The van der Waals surface area contributed by atoms with E-state index in [1.807, 2.05) is 58.0 Å². The highest BCUT2D eigenvalue weighted by molar-refractivity contribution is 6.35. The Bertz CT molecular complexity index is 1500. The number of nitrogens with one attached hydrogen (secondary N) is 2. The molecular formula is C27H28Cl2N6O2. The van der Waals surface area contributed by atoms with E-state index in [-0.39, 0.29) is 23.7 Å². The molecule has 4 aromatic rings. The van der Waals surface area contributed by atoms with Crippen LogP contribution in [-0.2, 0) is 4.74 Å². The van der Waals surface area contributed by atoms with Crippen molar-refractivity contribution in [3.05, 3.63) is 70.2 Å². The minimum absolute atomic E-state index is 0.129. The molecular weight excluding hydrogens is 511 g/mol. The molecule has 2 N–H and O–H groups in total. The molecule has 0 saturated carbocycles. The van der Waals surface area contributed by atoms with Gasteiger partial charge in [0.1, 0.15) is 24.0 Å². The first kappa shape index (κ1) is 25.4. The highest BCUT2D eigenvalue weighted by Crippen LogP contribution is 2.32. The monoisotopic (exact) mass is 538 g/mol. The molecule has 3 heterocycles. The molecule has 2 atom stereocenters. The summed E-state index contributed by atoms with van der Waals surface area (Å²) in [6, 6.07) is 8.59. The van der Waals surface area contributed by atoms with Crippen molar-refractivity contribution in [3.63, 3.8) is 0 Å². The number of aromatic amines is 1. The van der Waals surface area contributed by atoms with Gasteiger partial charge in [0.15, 0.2) is 0 Å². The third kappa shape index (κ3) is 5.42. The van der Waals surface area contributed by atoms with Crippen LogP contribution in [0.15, 0.2) is 48.8 Å². The Labute approximate surface area is 225 Å². The normalized spacial score (nSPS) is 15.5. The van der Waals surface area contributed by atoms with Crippen molar-refractivity contribution < 1.29 is 9.53 Å². The average molecular weight is 539 g/mol. The second kappa shape index (κ2) is 9.93. The number of benzene rings is 2. The average Bonchev–Trinajstić information content (AvgIpc) is 3.50. The molecule has 8 nitrogen and oxygen atoms in total. The van der Waals surface area contributed by atoms with Crippen LogP contribution in [0.1, 0.15) is 49.9 Å². The van der Waals surface area contributed by atoms with Gasteiger partial charge in [-0.05, 0) is 58.0 Å². The van der Waals surface area contributed by atoms with E-state index in [1.54, 1.807) is 17.0 Å². The van der Waals surface area contributed by atoms with Crippen molar-refractivity contribution in [1.82, 2.24) is 24.8 Å². The number of halogens is 2. The number of hydrogen-bond acceptors (Lipinski definition) is 6. The van der Waals surface area contributed by atoms with Gasteiger partial charge in [-0.2, -0.15) is 0 Å². The summed E-state index contributed by atoms with van der Waals surface area (Å²) in [7, 11) is 0. The molecule has 1 aliphatic heterocycles. The van der Waals surface area contributed by atoms with E-state index in [0.717, 1.165) is 11.0 Å². The third-order valence-corrected chi connectivity index (χ3v) is 6.67. The standard InChI is InChI=1S/C27H28Cl2N6O2/c1-15(37-27(2,3)4)23(25-32-20-8-7-16(28)11-22(20)33-25)34-24-18-12-19(29)17(13-21(18)30-14-31-24)26(36)35-9-5-6-10-35/h5-8,11-15,23H,9-10H2,1-4H3,(H,32,33)(H,30,31,34)/t15?,23-/m0/s1. The number of ether oxygens (including phenoxy) is 1. The smallest absolute Gasteiger partial charge is 0.256 e. The lowest BCUT2D eigenvalue weighted by molar-refractivity contribution is -0.0598. The number of fused-ring (bicyclic) bond motifs is 2. The molecule has 192 valence electrons. The Morgan fingerprint density at radius 1 is 1.11 bits per heavy atom. The summed E-state index contributed by atoms with van der Waals surface area (Å²) in [6.07, 6.45) is 5.10. The first-order valence-electron chi connectivity index (χ1n) is 12.1. The van der Waals surface area contributed by atoms with Crippen LogP contribution in [0, 0.1) is 0 Å². The quantitative estimate of drug-likeness (QED) is 0.284. The van der Waals surface area contributed by atoms with Crippen molar-refractivity contribution in [2.24, 2.45) is 0 Å². The van der Waals surface area contributed by atoms with Crippen LogP contribution < -0.4 is 5.32 Å². The van der Waals surface area contributed by atoms with Crippen LogP contribution in [0.3, 0.4) is 0 Å². The fraction of sp³-hybridized carbons (Fsp3) is 0.333. The summed E-state index contributed by atoms with van der Waals surface area (Å²) in [5, 5.41) is 5.16. The van der Waals surface area contributed by atoms with Gasteiger partial charge in [-0.25, -0.2) is 15.0 Å². The number of carbonyl (C=O) groups is 1. The first-order chi connectivity index (χ1) is 17.6. The van der Waals surface area contributed by atoms with Crippen molar-refractivity contribution in [2.45, 2.75) is 45.4 Å². The fourth-order valence-corrected chi connectivity index (χ4v) is 4.92. The molecule has 1 aliphatic rings. The van der Waals surface area contributed by atoms with E-state index in [2.05, 4.69) is 20.3 Å². The van der Waals surface area contributed by atoms with Crippen LogP contribution >= 0.6 is 23.2 Å². The van der Waals surface area contributed by atoms with Crippen molar-refractivity contribution in [2.75, 3.05) is 18.4 Å². The number of H-pyrrole nitrogens is 1. The molecule has 0 radical (unpaired) electrons. The van der Waals surface area contributed by atoms with Gasteiger partial charge in [0, 0.05) is 23.5 Å².